The molecule has 3 amide bonds. The normalized spacial score (nSPS) is 11.1. The first-order valence-electron chi connectivity index (χ1n) is 9.09. The maximum atomic E-state index is 12.5. The van der Waals surface area contributed by atoms with Crippen molar-refractivity contribution >= 4 is 18.4 Å². The van der Waals surface area contributed by atoms with Gasteiger partial charge in [-0.3, -0.25) is 9.59 Å². The van der Waals surface area contributed by atoms with E-state index in [-0.39, 0.29) is 12.5 Å². The summed E-state index contributed by atoms with van der Waals surface area (Å²) in [4.78, 5) is 34.6. The summed E-state index contributed by atoms with van der Waals surface area (Å²) in [5, 5.41) is 8.07. The van der Waals surface area contributed by atoms with Gasteiger partial charge in [-0.1, -0.05) is 36.9 Å². The van der Waals surface area contributed by atoms with Crippen molar-refractivity contribution in [1.29, 1.82) is 0 Å². The highest BCUT2D eigenvalue weighted by Crippen LogP contribution is 2.04. The molecule has 0 aliphatic carbocycles. The van der Waals surface area contributed by atoms with Gasteiger partial charge in [0.05, 0.1) is 0 Å². The fraction of sp³-hybridized carbons (Fsp3) is 0.450. The van der Waals surface area contributed by atoms with Crippen LogP contribution in [0.1, 0.15) is 31.7 Å². The zero-order valence-corrected chi connectivity index (χ0v) is 15.8. The molecule has 1 unspecified atom stereocenters. The third kappa shape index (κ3) is 10.7. The van der Waals surface area contributed by atoms with E-state index < -0.39 is 12.1 Å². The summed E-state index contributed by atoms with van der Waals surface area (Å²) < 4.78 is 5.04. The summed E-state index contributed by atoms with van der Waals surface area (Å²) in [6.45, 7) is 6.68. The minimum Gasteiger partial charge on any atom is -0.445 e. The van der Waals surface area contributed by atoms with Crippen molar-refractivity contribution in [2.75, 3.05) is 19.7 Å². The maximum Gasteiger partial charge on any atom is 0.408 e. The molecule has 0 aliphatic rings. The summed E-state index contributed by atoms with van der Waals surface area (Å²) in [6, 6.07) is 8.75. The van der Waals surface area contributed by atoms with Crippen LogP contribution in [-0.4, -0.2) is 44.1 Å². The highest BCUT2D eigenvalue weighted by atomic mass is 16.5. The molecule has 1 aromatic carbocycles. The van der Waals surface area contributed by atoms with Gasteiger partial charge in [0.25, 0.3) is 0 Å². The molecule has 0 spiro atoms. The van der Waals surface area contributed by atoms with Gasteiger partial charge in [0, 0.05) is 19.5 Å². The third-order valence-corrected chi connectivity index (χ3v) is 3.72. The number of alkyl carbamates (subject to hydrolysis) is 1. The first kappa shape index (κ1) is 22.2. The van der Waals surface area contributed by atoms with Crippen LogP contribution in [0.2, 0.25) is 0 Å². The van der Waals surface area contributed by atoms with Crippen molar-refractivity contribution < 1.29 is 19.1 Å². The molecule has 3 N–H and O–H groups in total. The Morgan fingerprint density at radius 2 is 1.85 bits per heavy atom. The highest BCUT2D eigenvalue weighted by Gasteiger charge is 2.21. The molecule has 1 atom stereocenters. The van der Waals surface area contributed by atoms with Crippen LogP contribution >= 0.6 is 0 Å². The molecule has 0 saturated heterocycles. The number of amides is 3. The molecule has 27 heavy (non-hydrogen) atoms. The van der Waals surface area contributed by atoms with Gasteiger partial charge in [0.2, 0.25) is 12.3 Å². The van der Waals surface area contributed by atoms with Crippen molar-refractivity contribution in [1.82, 2.24) is 16.0 Å². The van der Waals surface area contributed by atoms with Gasteiger partial charge >= 0.3 is 6.09 Å². The molecule has 148 valence electrons. The standard InChI is InChI=1S/C20H29N3O4/c1-16(2)14-27-20(26)23-18(13-17-9-5-3-6-10-17)19(25)22-12-8-4-7-11-21-15-24/h3,5-6,9-10,15,18H,1,4,7-8,11-14H2,2H3,(H,21,24)(H,22,25)(H,23,26). The number of ether oxygens (including phenoxy) is 1. The number of hydrogen-bond acceptors (Lipinski definition) is 4. The molecular weight excluding hydrogens is 346 g/mol. The zero-order chi connectivity index (χ0) is 19.9. The van der Waals surface area contributed by atoms with Gasteiger partial charge < -0.3 is 20.7 Å². The van der Waals surface area contributed by atoms with Gasteiger partial charge in [-0.2, -0.15) is 0 Å². The molecule has 1 rings (SSSR count). The summed E-state index contributed by atoms with van der Waals surface area (Å²) in [6.07, 6.45) is 2.94. The van der Waals surface area contributed by atoms with Crippen molar-refractivity contribution in [3.8, 4) is 0 Å². The lowest BCUT2D eigenvalue weighted by molar-refractivity contribution is -0.123. The summed E-state index contributed by atoms with van der Waals surface area (Å²) in [5.74, 6) is -0.253. The SMILES string of the molecule is C=C(C)COC(=O)NC(Cc1ccccc1)C(=O)NCCCCCNC=O. The minimum absolute atomic E-state index is 0.111. The first-order valence-corrected chi connectivity index (χ1v) is 9.09. The number of unbranched alkanes of at least 4 members (excludes halogenated alkanes) is 2. The fourth-order valence-corrected chi connectivity index (χ4v) is 2.35. The molecule has 0 bridgehead atoms. The Bertz CT molecular complexity index is 605. The number of carbonyl (C=O) groups is 3. The van der Waals surface area contributed by atoms with Gasteiger partial charge in [-0.05, 0) is 37.3 Å². The molecule has 0 fully saturated rings. The number of hydrogen-bond donors (Lipinski definition) is 3. The Hall–Kier alpha value is -2.83. The predicted molar refractivity (Wildman–Crippen MR) is 104 cm³/mol. The van der Waals surface area contributed by atoms with Gasteiger partial charge in [0.15, 0.2) is 0 Å². The number of carbonyl (C=O) groups excluding carboxylic acids is 3. The van der Waals surface area contributed by atoms with E-state index in [1.807, 2.05) is 30.3 Å². The van der Waals surface area contributed by atoms with Crippen molar-refractivity contribution in [3.63, 3.8) is 0 Å². The second-order valence-electron chi connectivity index (χ2n) is 6.34. The topological polar surface area (TPSA) is 96.5 Å². The molecule has 1 aromatic rings. The molecule has 0 aliphatic heterocycles. The van der Waals surface area contributed by atoms with Gasteiger partial charge in [0.1, 0.15) is 12.6 Å². The smallest absolute Gasteiger partial charge is 0.408 e. The second kappa shape index (κ2) is 13.4. The average molecular weight is 375 g/mol. The summed E-state index contributed by atoms with van der Waals surface area (Å²) in [5.41, 5.74) is 1.66. The summed E-state index contributed by atoms with van der Waals surface area (Å²) >= 11 is 0. The van der Waals surface area contributed by atoms with Crippen LogP contribution in [0.4, 0.5) is 4.79 Å². The van der Waals surface area contributed by atoms with Crippen molar-refractivity contribution in [2.24, 2.45) is 0 Å². The number of nitrogens with one attached hydrogen (secondary N) is 3. The minimum atomic E-state index is -0.721. The lowest BCUT2D eigenvalue weighted by Crippen LogP contribution is -2.48. The Balaban J connectivity index is 2.50. The quantitative estimate of drug-likeness (QED) is 0.279. The molecular formula is C20H29N3O4. The van der Waals surface area contributed by atoms with Gasteiger partial charge in [-0.15, -0.1) is 0 Å². The van der Waals surface area contributed by atoms with Crippen LogP contribution in [0.5, 0.6) is 0 Å². The lowest BCUT2D eigenvalue weighted by atomic mass is 10.1. The van der Waals surface area contributed by atoms with Crippen LogP contribution in [0, 0.1) is 0 Å². The lowest BCUT2D eigenvalue weighted by Gasteiger charge is -2.18. The van der Waals surface area contributed by atoms with Crippen LogP contribution in [0.3, 0.4) is 0 Å². The average Bonchev–Trinajstić information content (AvgIpc) is 2.65. The van der Waals surface area contributed by atoms with Gasteiger partial charge in [-0.25, -0.2) is 4.79 Å². The van der Waals surface area contributed by atoms with E-state index in [2.05, 4.69) is 22.5 Å². The monoisotopic (exact) mass is 375 g/mol. The number of rotatable bonds is 13. The molecule has 7 nitrogen and oxygen atoms in total. The summed E-state index contributed by atoms with van der Waals surface area (Å²) in [7, 11) is 0. The Labute approximate surface area is 160 Å². The van der Waals surface area contributed by atoms with Crippen LogP contribution in [0.15, 0.2) is 42.5 Å². The third-order valence-electron chi connectivity index (χ3n) is 3.72. The van der Waals surface area contributed by atoms with E-state index in [1.165, 1.54) is 0 Å². The van der Waals surface area contributed by atoms with Crippen LogP contribution < -0.4 is 16.0 Å². The fourth-order valence-electron chi connectivity index (χ4n) is 2.35. The van der Waals surface area contributed by atoms with E-state index in [4.69, 9.17) is 4.74 Å². The number of benzene rings is 1. The maximum absolute atomic E-state index is 12.5. The highest BCUT2D eigenvalue weighted by molar-refractivity contribution is 5.85. The van der Waals surface area contributed by atoms with Crippen molar-refractivity contribution in [2.45, 2.75) is 38.6 Å². The molecule has 0 aromatic heterocycles. The Kier molecular flexibility index (Phi) is 11.0. The van der Waals surface area contributed by atoms with E-state index in [1.54, 1.807) is 6.92 Å². The zero-order valence-electron chi connectivity index (χ0n) is 15.8. The first-order chi connectivity index (χ1) is 13.0. The van der Waals surface area contributed by atoms with E-state index in [0.29, 0.717) is 25.9 Å². The molecule has 7 heteroatoms. The Morgan fingerprint density at radius 1 is 1.15 bits per heavy atom. The Morgan fingerprint density at radius 3 is 2.52 bits per heavy atom. The van der Waals surface area contributed by atoms with E-state index in [9.17, 15) is 14.4 Å². The van der Waals surface area contributed by atoms with Crippen molar-refractivity contribution in [3.05, 3.63) is 48.0 Å². The van der Waals surface area contributed by atoms with Crippen LogP contribution in [0.25, 0.3) is 0 Å². The van der Waals surface area contributed by atoms with Crippen LogP contribution in [-0.2, 0) is 20.7 Å². The second-order valence-corrected chi connectivity index (χ2v) is 6.34. The molecule has 0 radical (unpaired) electrons. The molecule has 0 saturated carbocycles. The largest absolute Gasteiger partial charge is 0.445 e. The van der Waals surface area contributed by atoms with E-state index >= 15 is 0 Å². The molecule has 0 heterocycles. The van der Waals surface area contributed by atoms with E-state index in [0.717, 1.165) is 30.4 Å². The predicted octanol–water partition coefficient (Wildman–Crippen LogP) is 1.93.